The molecule has 0 bridgehead atoms. The summed E-state index contributed by atoms with van der Waals surface area (Å²) in [7, 11) is 0. The lowest BCUT2D eigenvalue weighted by Crippen LogP contribution is -2.56. The van der Waals surface area contributed by atoms with Crippen molar-refractivity contribution >= 4 is 11.9 Å². The lowest BCUT2D eigenvalue weighted by molar-refractivity contribution is -0.134. The van der Waals surface area contributed by atoms with E-state index in [-0.39, 0.29) is 5.78 Å². The number of alkyl carbamates (subject to hydrolysis) is 1. The summed E-state index contributed by atoms with van der Waals surface area (Å²) in [5.74, 6) is -0.734. The Labute approximate surface area is 120 Å². The van der Waals surface area contributed by atoms with Crippen LogP contribution in [-0.2, 0) is 9.53 Å². The van der Waals surface area contributed by atoms with Gasteiger partial charge in [0, 0.05) is 11.0 Å². The predicted molar refractivity (Wildman–Crippen MR) is 74.9 cm³/mol. The van der Waals surface area contributed by atoms with E-state index < -0.39 is 28.6 Å². The van der Waals surface area contributed by atoms with Gasteiger partial charge in [0.1, 0.15) is 11.5 Å². The molecule has 0 aromatic carbocycles. The van der Waals surface area contributed by atoms with Gasteiger partial charge < -0.3 is 10.1 Å². The average Bonchev–Trinajstić information content (AvgIpc) is 2.19. The Morgan fingerprint density at radius 1 is 1.40 bits per heavy atom. The Bertz CT molecular complexity index is 457. The van der Waals surface area contributed by atoms with Gasteiger partial charge in [-0.3, -0.25) is 4.79 Å². The third kappa shape index (κ3) is 3.96. The van der Waals surface area contributed by atoms with Crippen LogP contribution in [0.25, 0.3) is 0 Å². The SMILES string of the molecule is CC1(NC(=O)OC(C)(C)C)CC(C#N)C(=O)C(C)(C)C1. The number of rotatable bonds is 1. The monoisotopic (exact) mass is 280 g/mol. The molecular weight excluding hydrogens is 256 g/mol. The van der Waals surface area contributed by atoms with Gasteiger partial charge in [-0.2, -0.15) is 5.26 Å². The summed E-state index contributed by atoms with van der Waals surface area (Å²) < 4.78 is 5.25. The molecule has 0 aliphatic heterocycles. The molecular formula is C15H24N2O3. The minimum atomic E-state index is -0.682. The fraction of sp³-hybridized carbons (Fsp3) is 0.800. The Morgan fingerprint density at radius 3 is 2.40 bits per heavy atom. The van der Waals surface area contributed by atoms with Gasteiger partial charge in [-0.15, -0.1) is 0 Å². The van der Waals surface area contributed by atoms with Crippen LogP contribution >= 0.6 is 0 Å². The molecule has 0 saturated heterocycles. The molecule has 112 valence electrons. The third-order valence-electron chi connectivity index (χ3n) is 3.43. The van der Waals surface area contributed by atoms with Gasteiger partial charge >= 0.3 is 6.09 Å². The van der Waals surface area contributed by atoms with Crippen LogP contribution in [-0.4, -0.2) is 23.0 Å². The topological polar surface area (TPSA) is 79.2 Å². The van der Waals surface area contributed by atoms with E-state index in [4.69, 9.17) is 10.00 Å². The highest BCUT2D eigenvalue weighted by atomic mass is 16.6. The van der Waals surface area contributed by atoms with Crippen LogP contribution in [0.15, 0.2) is 0 Å². The first kappa shape index (κ1) is 16.5. The summed E-state index contributed by atoms with van der Waals surface area (Å²) in [5.41, 5.74) is -1.81. The number of nitrogens with zero attached hydrogens (tertiary/aromatic N) is 1. The maximum atomic E-state index is 12.1. The van der Waals surface area contributed by atoms with Crippen LogP contribution in [0, 0.1) is 22.7 Å². The van der Waals surface area contributed by atoms with E-state index in [1.807, 2.05) is 26.8 Å². The molecule has 2 atom stereocenters. The van der Waals surface area contributed by atoms with Crippen molar-refractivity contribution in [2.45, 2.75) is 65.5 Å². The molecule has 0 spiro atoms. The number of ether oxygens (including phenoxy) is 1. The fourth-order valence-corrected chi connectivity index (χ4v) is 2.90. The molecule has 5 heteroatoms. The number of nitrogens with one attached hydrogen (secondary N) is 1. The first-order chi connectivity index (χ1) is 8.88. The van der Waals surface area contributed by atoms with Crippen molar-refractivity contribution in [2.75, 3.05) is 0 Å². The van der Waals surface area contributed by atoms with Crippen molar-refractivity contribution in [3.63, 3.8) is 0 Å². The molecule has 2 unspecified atom stereocenters. The summed E-state index contributed by atoms with van der Waals surface area (Å²) in [6, 6.07) is 2.04. The van der Waals surface area contributed by atoms with Gasteiger partial charge in [0.25, 0.3) is 0 Å². The molecule has 0 radical (unpaired) electrons. The molecule has 1 aliphatic carbocycles. The summed E-state index contributed by atoms with van der Waals surface area (Å²) in [6.07, 6.45) is 0.309. The molecule has 0 aromatic heterocycles. The van der Waals surface area contributed by atoms with Gasteiger partial charge in [-0.05, 0) is 40.5 Å². The molecule has 0 aromatic rings. The molecule has 1 fully saturated rings. The molecule has 5 nitrogen and oxygen atoms in total. The second kappa shape index (κ2) is 5.08. The van der Waals surface area contributed by atoms with Crippen LogP contribution in [0.3, 0.4) is 0 Å². The summed E-state index contributed by atoms with van der Waals surface area (Å²) >= 11 is 0. The molecule has 1 rings (SSSR count). The van der Waals surface area contributed by atoms with E-state index in [1.165, 1.54) is 0 Å². The maximum absolute atomic E-state index is 12.1. The Balaban J connectivity index is 2.86. The first-order valence-corrected chi connectivity index (χ1v) is 6.84. The van der Waals surface area contributed by atoms with E-state index in [0.717, 1.165) is 0 Å². The quantitative estimate of drug-likeness (QED) is 0.801. The number of nitriles is 1. The van der Waals surface area contributed by atoms with Crippen molar-refractivity contribution < 1.29 is 14.3 Å². The zero-order valence-electron chi connectivity index (χ0n) is 13.2. The van der Waals surface area contributed by atoms with Gasteiger partial charge in [-0.25, -0.2) is 4.79 Å². The van der Waals surface area contributed by atoms with Crippen LogP contribution < -0.4 is 5.32 Å². The standard InChI is InChI=1S/C15H24N2O3/c1-13(2,3)20-12(19)17-15(6)7-10(8-16)11(18)14(4,5)9-15/h10H,7,9H2,1-6H3,(H,17,19). The number of hydrogen-bond donors (Lipinski definition) is 1. The number of amides is 1. The van der Waals surface area contributed by atoms with Crippen LogP contribution in [0.2, 0.25) is 0 Å². The van der Waals surface area contributed by atoms with Crippen molar-refractivity contribution in [2.24, 2.45) is 11.3 Å². The smallest absolute Gasteiger partial charge is 0.408 e. The Morgan fingerprint density at radius 2 is 1.95 bits per heavy atom. The summed E-state index contributed by atoms with van der Waals surface area (Å²) in [6.45, 7) is 10.9. The number of carbonyl (C=O) groups excluding carboxylic acids is 2. The lowest BCUT2D eigenvalue weighted by atomic mass is 9.64. The second-order valence-corrected chi connectivity index (χ2v) is 7.50. The molecule has 1 aliphatic rings. The number of hydrogen-bond acceptors (Lipinski definition) is 4. The highest BCUT2D eigenvalue weighted by Crippen LogP contribution is 2.41. The summed E-state index contributed by atoms with van der Waals surface area (Å²) in [4.78, 5) is 24.0. The Kier molecular flexibility index (Phi) is 4.19. The molecule has 1 amide bonds. The largest absolute Gasteiger partial charge is 0.444 e. The van der Waals surface area contributed by atoms with Crippen molar-refractivity contribution in [1.29, 1.82) is 5.26 Å². The molecule has 20 heavy (non-hydrogen) atoms. The zero-order chi connectivity index (χ0) is 15.8. The second-order valence-electron chi connectivity index (χ2n) is 7.50. The average molecular weight is 280 g/mol. The fourth-order valence-electron chi connectivity index (χ4n) is 2.90. The Hall–Kier alpha value is -1.57. The van der Waals surface area contributed by atoms with Gasteiger partial charge in [-0.1, -0.05) is 13.8 Å². The van der Waals surface area contributed by atoms with E-state index >= 15 is 0 Å². The highest BCUT2D eigenvalue weighted by Gasteiger charge is 2.48. The predicted octanol–water partition coefficient (Wildman–Crippen LogP) is 2.80. The molecule has 1 N–H and O–H groups in total. The van der Waals surface area contributed by atoms with E-state index in [2.05, 4.69) is 5.32 Å². The van der Waals surface area contributed by atoms with Gasteiger partial charge in [0.2, 0.25) is 0 Å². The third-order valence-corrected chi connectivity index (χ3v) is 3.43. The number of carbonyl (C=O) groups is 2. The van der Waals surface area contributed by atoms with Crippen LogP contribution in [0.4, 0.5) is 4.79 Å². The maximum Gasteiger partial charge on any atom is 0.408 e. The van der Waals surface area contributed by atoms with E-state index in [0.29, 0.717) is 12.8 Å². The zero-order valence-corrected chi connectivity index (χ0v) is 13.2. The van der Waals surface area contributed by atoms with Crippen molar-refractivity contribution in [3.8, 4) is 6.07 Å². The number of Topliss-reactive ketones (excluding diaryl/α,β-unsaturated/α-hetero) is 1. The van der Waals surface area contributed by atoms with Crippen molar-refractivity contribution in [3.05, 3.63) is 0 Å². The minimum absolute atomic E-state index is 0.0523. The van der Waals surface area contributed by atoms with Crippen LogP contribution in [0.5, 0.6) is 0 Å². The lowest BCUT2D eigenvalue weighted by Gasteiger charge is -2.43. The molecule has 0 heterocycles. The highest BCUT2D eigenvalue weighted by molar-refractivity contribution is 5.89. The normalized spacial score (nSPS) is 29.4. The first-order valence-electron chi connectivity index (χ1n) is 6.84. The summed E-state index contributed by atoms with van der Waals surface area (Å²) in [5, 5.41) is 12.0. The molecule has 1 saturated carbocycles. The van der Waals surface area contributed by atoms with E-state index in [1.54, 1.807) is 20.8 Å². The van der Waals surface area contributed by atoms with E-state index in [9.17, 15) is 9.59 Å². The minimum Gasteiger partial charge on any atom is -0.444 e. The van der Waals surface area contributed by atoms with Gasteiger partial charge in [0.05, 0.1) is 6.07 Å². The van der Waals surface area contributed by atoms with Crippen molar-refractivity contribution in [1.82, 2.24) is 5.32 Å². The van der Waals surface area contributed by atoms with Crippen LogP contribution in [0.1, 0.15) is 54.4 Å². The van der Waals surface area contributed by atoms with Gasteiger partial charge in [0.15, 0.2) is 5.78 Å². The number of ketones is 1.